The lowest BCUT2D eigenvalue weighted by molar-refractivity contribution is -0.137. The van der Waals surface area contributed by atoms with Crippen molar-refractivity contribution in [3.8, 4) is 17.2 Å². The molecule has 2 aromatic carbocycles. The maximum absolute atomic E-state index is 13.1. The van der Waals surface area contributed by atoms with Crippen molar-refractivity contribution < 1.29 is 32.2 Å². The second-order valence-corrected chi connectivity index (χ2v) is 8.91. The molecule has 1 aliphatic carbocycles. The number of anilines is 3. The maximum atomic E-state index is 13.1. The van der Waals surface area contributed by atoms with Crippen LogP contribution in [0.3, 0.4) is 0 Å². The molecule has 11 heteroatoms. The molecule has 1 saturated carbocycles. The lowest BCUT2D eigenvalue weighted by Gasteiger charge is -2.19. The minimum atomic E-state index is -4.55. The fraction of sp³-hybridized carbons (Fsp3) is 0.240. The number of ether oxygens (including phenoxy) is 2. The highest BCUT2D eigenvalue weighted by molar-refractivity contribution is 5.99. The van der Waals surface area contributed by atoms with Crippen molar-refractivity contribution in [3.63, 3.8) is 0 Å². The summed E-state index contributed by atoms with van der Waals surface area (Å²) in [7, 11) is 0. The third-order valence-corrected chi connectivity index (χ3v) is 6.60. The van der Waals surface area contributed by atoms with Gasteiger partial charge in [-0.15, -0.1) is 0 Å². The fourth-order valence-corrected chi connectivity index (χ4v) is 4.75. The van der Waals surface area contributed by atoms with Crippen molar-refractivity contribution in [2.45, 2.75) is 31.0 Å². The molecule has 8 nitrogen and oxygen atoms in total. The summed E-state index contributed by atoms with van der Waals surface area (Å²) in [6.45, 7) is 0. The average Bonchev–Trinajstić information content (AvgIpc) is 3.43. The highest BCUT2D eigenvalue weighted by atomic mass is 19.4. The molecule has 4 N–H and O–H groups in total. The van der Waals surface area contributed by atoms with E-state index in [-0.39, 0.29) is 23.2 Å². The third kappa shape index (κ3) is 3.76. The molecule has 36 heavy (non-hydrogen) atoms. The van der Waals surface area contributed by atoms with Crippen LogP contribution in [0.4, 0.5) is 30.4 Å². The Morgan fingerprint density at radius 3 is 2.81 bits per heavy atom. The standard InChI is InChI=1S/C25H19F3N4O4/c26-25(27,28)11-1-4-15(29)16(9-11)31-24(34)21-20-14-10-12(2-5-17(14)36-22(20)21)35-18-7-8-30-23-13(18)3-6-19(33)32-23/h1-2,4-5,7-10,20-22H,3,6,29H2,(H,31,34)(H,30,32,33)/t20-,21-,22-/m0/s1. The summed E-state index contributed by atoms with van der Waals surface area (Å²) < 4.78 is 51.1. The number of rotatable bonds is 4. The molecule has 1 aromatic heterocycles. The number of nitrogens with two attached hydrogens (primary N) is 1. The number of fused-ring (bicyclic) bond motifs is 4. The molecular weight excluding hydrogens is 477 g/mol. The highest BCUT2D eigenvalue weighted by Crippen LogP contribution is 2.59. The van der Waals surface area contributed by atoms with Gasteiger partial charge in [-0.2, -0.15) is 13.2 Å². The van der Waals surface area contributed by atoms with Crippen molar-refractivity contribution in [2.75, 3.05) is 16.4 Å². The molecule has 2 amide bonds. The molecule has 1 fully saturated rings. The first-order valence-corrected chi connectivity index (χ1v) is 11.2. The number of hydrogen-bond donors (Lipinski definition) is 3. The molecule has 3 atom stereocenters. The summed E-state index contributed by atoms with van der Waals surface area (Å²) in [6, 6.07) is 9.82. The van der Waals surface area contributed by atoms with Crippen molar-refractivity contribution in [1.82, 2.24) is 4.98 Å². The number of halogens is 3. The number of benzene rings is 2. The molecule has 6 rings (SSSR count). The quantitative estimate of drug-likeness (QED) is 0.459. The first kappa shape index (κ1) is 22.2. The SMILES string of the molecule is Nc1ccc(C(F)(F)F)cc1NC(=O)[C@@H]1[C@H]2Oc3ccc(Oc4ccnc5c4CCC(=O)N5)cc3[C@H]21. The van der Waals surface area contributed by atoms with E-state index in [1.54, 1.807) is 30.5 Å². The van der Waals surface area contributed by atoms with Crippen LogP contribution in [0.2, 0.25) is 0 Å². The molecule has 3 heterocycles. The lowest BCUT2D eigenvalue weighted by Crippen LogP contribution is -2.20. The number of nitrogens with one attached hydrogen (secondary N) is 2. The summed E-state index contributed by atoms with van der Waals surface area (Å²) in [5.41, 5.74) is 6.42. The molecule has 0 radical (unpaired) electrons. The molecule has 3 aromatic rings. The first-order chi connectivity index (χ1) is 17.2. The Bertz CT molecular complexity index is 1420. The van der Waals surface area contributed by atoms with E-state index in [9.17, 15) is 22.8 Å². The summed E-state index contributed by atoms with van der Waals surface area (Å²) in [4.78, 5) is 28.7. The minimum absolute atomic E-state index is 0.0380. The lowest BCUT2D eigenvalue weighted by atomic mass is 10.1. The van der Waals surface area contributed by atoms with Gasteiger partial charge in [-0.3, -0.25) is 9.59 Å². The predicted molar refractivity (Wildman–Crippen MR) is 123 cm³/mol. The van der Waals surface area contributed by atoms with Gasteiger partial charge < -0.3 is 25.8 Å². The molecule has 0 saturated heterocycles. The van der Waals surface area contributed by atoms with E-state index >= 15 is 0 Å². The number of pyridine rings is 1. The van der Waals surface area contributed by atoms with E-state index in [0.29, 0.717) is 35.9 Å². The van der Waals surface area contributed by atoms with Gasteiger partial charge in [-0.25, -0.2) is 4.98 Å². The molecule has 0 spiro atoms. The zero-order chi connectivity index (χ0) is 25.2. The number of alkyl halides is 3. The number of carbonyl (C=O) groups is 2. The van der Waals surface area contributed by atoms with E-state index in [0.717, 1.165) is 29.3 Å². The van der Waals surface area contributed by atoms with Crippen LogP contribution in [0.25, 0.3) is 0 Å². The number of hydrogen-bond acceptors (Lipinski definition) is 6. The topological polar surface area (TPSA) is 116 Å². The summed E-state index contributed by atoms with van der Waals surface area (Å²) in [5, 5.41) is 5.25. The van der Waals surface area contributed by atoms with E-state index < -0.39 is 29.7 Å². The van der Waals surface area contributed by atoms with Crippen LogP contribution < -0.4 is 25.8 Å². The van der Waals surface area contributed by atoms with Gasteiger partial charge in [0.2, 0.25) is 11.8 Å². The maximum Gasteiger partial charge on any atom is 0.416 e. The number of carbonyl (C=O) groups excluding carboxylic acids is 2. The first-order valence-electron chi connectivity index (χ1n) is 11.2. The average molecular weight is 496 g/mol. The second-order valence-electron chi connectivity index (χ2n) is 8.91. The van der Waals surface area contributed by atoms with Gasteiger partial charge in [0.15, 0.2) is 0 Å². The number of aromatic nitrogens is 1. The molecule has 2 aliphatic heterocycles. The second kappa shape index (κ2) is 7.87. The Labute approximate surface area is 202 Å². The molecule has 3 aliphatic rings. The molecular formula is C25H19F3N4O4. The zero-order valence-electron chi connectivity index (χ0n) is 18.6. The van der Waals surface area contributed by atoms with Gasteiger partial charge in [0.1, 0.15) is 29.2 Å². The minimum Gasteiger partial charge on any atom is -0.489 e. The largest absolute Gasteiger partial charge is 0.489 e. The van der Waals surface area contributed by atoms with Crippen molar-refractivity contribution in [3.05, 3.63) is 65.4 Å². The van der Waals surface area contributed by atoms with E-state index in [4.69, 9.17) is 15.2 Å². The van der Waals surface area contributed by atoms with Crippen LogP contribution in [0, 0.1) is 5.92 Å². The van der Waals surface area contributed by atoms with Crippen LogP contribution in [-0.4, -0.2) is 22.9 Å². The molecule has 184 valence electrons. The summed E-state index contributed by atoms with van der Waals surface area (Å²) in [6.07, 6.45) is -2.58. The van der Waals surface area contributed by atoms with E-state index in [1.165, 1.54) is 0 Å². The zero-order valence-corrected chi connectivity index (χ0v) is 18.6. The van der Waals surface area contributed by atoms with Crippen LogP contribution >= 0.6 is 0 Å². The van der Waals surface area contributed by atoms with Crippen molar-refractivity contribution >= 4 is 29.0 Å². The highest BCUT2D eigenvalue weighted by Gasteiger charge is 2.62. The predicted octanol–water partition coefficient (Wildman–Crippen LogP) is 4.47. The third-order valence-electron chi connectivity index (χ3n) is 6.60. The van der Waals surface area contributed by atoms with Gasteiger partial charge in [-0.1, -0.05) is 0 Å². The number of nitrogen functional groups attached to an aromatic ring is 1. The Morgan fingerprint density at radius 1 is 1.17 bits per heavy atom. The van der Waals surface area contributed by atoms with E-state index in [2.05, 4.69) is 15.6 Å². The number of amides is 2. The fourth-order valence-electron chi connectivity index (χ4n) is 4.75. The number of nitrogens with zero attached hydrogens (tertiary/aromatic N) is 1. The molecule has 0 bridgehead atoms. The summed E-state index contributed by atoms with van der Waals surface area (Å²) in [5.74, 6) is 0.818. The van der Waals surface area contributed by atoms with Crippen LogP contribution in [0.15, 0.2) is 48.7 Å². The van der Waals surface area contributed by atoms with Crippen LogP contribution in [0.1, 0.15) is 29.0 Å². The summed E-state index contributed by atoms with van der Waals surface area (Å²) >= 11 is 0. The van der Waals surface area contributed by atoms with Gasteiger partial charge in [0, 0.05) is 29.7 Å². The monoisotopic (exact) mass is 496 g/mol. The Hall–Kier alpha value is -4.28. The van der Waals surface area contributed by atoms with Crippen LogP contribution in [-0.2, 0) is 22.2 Å². The van der Waals surface area contributed by atoms with Gasteiger partial charge >= 0.3 is 6.18 Å². The van der Waals surface area contributed by atoms with Gasteiger partial charge in [0.25, 0.3) is 0 Å². The smallest absolute Gasteiger partial charge is 0.416 e. The van der Waals surface area contributed by atoms with Gasteiger partial charge in [0.05, 0.1) is 22.9 Å². The van der Waals surface area contributed by atoms with Gasteiger partial charge in [-0.05, 0) is 48.9 Å². The van der Waals surface area contributed by atoms with Crippen LogP contribution in [0.5, 0.6) is 17.2 Å². The Morgan fingerprint density at radius 2 is 2.00 bits per heavy atom. The normalized spacial score (nSPS) is 21.4. The van der Waals surface area contributed by atoms with E-state index in [1.807, 2.05) is 0 Å². The Balaban J connectivity index is 1.19. The Kier molecular flexibility index (Phi) is 4.85. The van der Waals surface area contributed by atoms with Crippen molar-refractivity contribution in [1.29, 1.82) is 0 Å². The molecule has 0 unspecified atom stereocenters. The van der Waals surface area contributed by atoms with Crippen molar-refractivity contribution in [2.24, 2.45) is 5.92 Å².